The molecule has 5 nitrogen and oxygen atoms in total. The Morgan fingerprint density at radius 1 is 0.800 bits per heavy atom. The molecule has 1 heterocycles. The molecule has 5 aromatic rings. The van der Waals surface area contributed by atoms with Crippen LogP contribution in [0.2, 0.25) is 0 Å². The van der Waals surface area contributed by atoms with Crippen LogP contribution in [0.5, 0.6) is 0 Å². The molecule has 30 heavy (non-hydrogen) atoms. The third-order valence-corrected chi connectivity index (χ3v) is 4.85. The van der Waals surface area contributed by atoms with Gasteiger partial charge in [-0.1, -0.05) is 72.3 Å². The second-order valence-corrected chi connectivity index (χ2v) is 7.28. The minimum atomic E-state index is -2.53. The van der Waals surface area contributed by atoms with E-state index in [4.69, 9.17) is 4.42 Å². The van der Waals surface area contributed by atoms with E-state index in [-0.39, 0.29) is 0 Å². The predicted octanol–water partition coefficient (Wildman–Crippen LogP) is 6.34. The molecule has 0 aliphatic carbocycles. The first-order chi connectivity index (χ1) is 14.6. The summed E-state index contributed by atoms with van der Waals surface area (Å²) in [4.78, 5) is 4.47. The molecule has 0 fully saturated rings. The average Bonchev–Trinajstić information content (AvgIpc) is 3.15. The highest BCUT2D eigenvalue weighted by Crippen LogP contribution is 2.33. The summed E-state index contributed by atoms with van der Waals surface area (Å²) in [7, 11) is -2.53. The maximum atomic E-state index is 10.9. The number of fused-ring (bicyclic) bond motifs is 2. The molecule has 0 saturated heterocycles. The summed E-state index contributed by atoms with van der Waals surface area (Å²) >= 11 is 0. The van der Waals surface area contributed by atoms with E-state index in [2.05, 4.69) is 28.4 Å². The van der Waals surface area contributed by atoms with Crippen LogP contribution in [0, 0.1) is 6.92 Å². The van der Waals surface area contributed by atoms with Crippen LogP contribution in [-0.4, -0.2) is 13.4 Å². The molecule has 0 N–H and O–H groups in total. The zero-order chi connectivity index (χ0) is 20.9. The lowest BCUT2D eigenvalue weighted by atomic mass is 10.1. The summed E-state index contributed by atoms with van der Waals surface area (Å²) < 4.78 is 31.1. The molecule has 0 aliphatic heterocycles. The van der Waals surface area contributed by atoms with Gasteiger partial charge in [-0.15, -0.1) is 4.36 Å². The van der Waals surface area contributed by atoms with Crippen molar-refractivity contribution in [3.05, 3.63) is 96.6 Å². The van der Waals surface area contributed by atoms with Gasteiger partial charge in [-0.3, -0.25) is 0 Å². The lowest BCUT2D eigenvalue weighted by Gasteiger charge is -1.97. The van der Waals surface area contributed by atoms with Crippen LogP contribution in [0.3, 0.4) is 0 Å². The second kappa shape index (κ2) is 8.71. The molecule has 1 aromatic heterocycles. The minimum absolute atomic E-state index is 0.303. The Morgan fingerprint density at radius 2 is 1.43 bits per heavy atom. The molecule has 5 rings (SSSR count). The number of oxazole rings is 1. The van der Waals surface area contributed by atoms with Gasteiger partial charge < -0.3 is 4.42 Å². The van der Waals surface area contributed by atoms with E-state index in [1.165, 1.54) is 5.56 Å². The maximum Gasteiger partial charge on any atom is 0.316 e. The lowest BCUT2D eigenvalue weighted by molar-refractivity contribution is 0.620. The molecular formula is C24H18N2O3S. The number of rotatable bonds is 2. The SMILES string of the molecule is Cc1ccccc1.O=S(=O)=Nc1ccccc1-c1nc2cc3ccccc3cc2o1. The van der Waals surface area contributed by atoms with E-state index >= 15 is 0 Å². The fourth-order valence-electron chi connectivity index (χ4n) is 3.08. The van der Waals surface area contributed by atoms with Crippen molar-refractivity contribution in [3.8, 4) is 11.5 Å². The Bertz CT molecular complexity index is 1400. The van der Waals surface area contributed by atoms with Crippen molar-refractivity contribution in [2.24, 2.45) is 4.36 Å². The monoisotopic (exact) mass is 414 g/mol. The first-order valence-corrected chi connectivity index (χ1v) is 10.3. The summed E-state index contributed by atoms with van der Waals surface area (Å²) in [5.41, 5.74) is 3.53. The highest BCUT2D eigenvalue weighted by Gasteiger charge is 2.12. The van der Waals surface area contributed by atoms with Gasteiger partial charge in [0, 0.05) is 0 Å². The van der Waals surface area contributed by atoms with Gasteiger partial charge >= 0.3 is 10.5 Å². The van der Waals surface area contributed by atoms with Crippen LogP contribution in [0.4, 0.5) is 5.69 Å². The van der Waals surface area contributed by atoms with Crippen molar-refractivity contribution in [1.82, 2.24) is 4.98 Å². The number of aryl methyl sites for hydroxylation is 1. The topological polar surface area (TPSA) is 72.5 Å². The molecule has 0 saturated carbocycles. The highest BCUT2D eigenvalue weighted by molar-refractivity contribution is 7.61. The Hall–Kier alpha value is -3.77. The van der Waals surface area contributed by atoms with Gasteiger partial charge in [-0.2, -0.15) is 8.42 Å². The van der Waals surface area contributed by atoms with Crippen LogP contribution in [0.25, 0.3) is 33.3 Å². The van der Waals surface area contributed by atoms with Gasteiger partial charge in [0.05, 0.1) is 11.3 Å². The molecule has 148 valence electrons. The molecule has 0 aliphatic rings. The lowest BCUT2D eigenvalue weighted by Crippen LogP contribution is -1.78. The van der Waals surface area contributed by atoms with Crippen LogP contribution in [-0.2, 0) is 10.5 Å². The number of hydrogen-bond acceptors (Lipinski definition) is 5. The molecule has 4 aromatic carbocycles. The van der Waals surface area contributed by atoms with Crippen molar-refractivity contribution < 1.29 is 12.8 Å². The first-order valence-electron chi connectivity index (χ1n) is 9.32. The van der Waals surface area contributed by atoms with Crippen molar-refractivity contribution in [2.75, 3.05) is 0 Å². The minimum Gasteiger partial charge on any atom is -0.436 e. The van der Waals surface area contributed by atoms with Gasteiger partial charge in [0.1, 0.15) is 5.52 Å². The van der Waals surface area contributed by atoms with Gasteiger partial charge in [0.25, 0.3) is 0 Å². The fraction of sp³-hybridized carbons (Fsp3) is 0.0417. The molecule has 0 amide bonds. The van der Waals surface area contributed by atoms with Crippen molar-refractivity contribution in [1.29, 1.82) is 0 Å². The van der Waals surface area contributed by atoms with Gasteiger partial charge in [-0.05, 0) is 42.0 Å². The van der Waals surface area contributed by atoms with E-state index in [1.54, 1.807) is 24.3 Å². The number of nitrogens with zero attached hydrogens (tertiary/aromatic N) is 2. The van der Waals surface area contributed by atoms with E-state index in [0.717, 1.165) is 16.3 Å². The van der Waals surface area contributed by atoms with E-state index in [9.17, 15) is 8.42 Å². The normalized spacial score (nSPS) is 10.4. The zero-order valence-electron chi connectivity index (χ0n) is 16.2. The van der Waals surface area contributed by atoms with E-state index < -0.39 is 10.5 Å². The second-order valence-electron chi connectivity index (χ2n) is 6.67. The molecular weight excluding hydrogens is 396 g/mol. The smallest absolute Gasteiger partial charge is 0.316 e. The van der Waals surface area contributed by atoms with Gasteiger partial charge in [0.2, 0.25) is 5.89 Å². The Balaban J connectivity index is 0.000000265. The Kier molecular flexibility index (Phi) is 5.68. The summed E-state index contributed by atoms with van der Waals surface area (Å²) in [5.74, 6) is 0.347. The van der Waals surface area contributed by atoms with Crippen molar-refractivity contribution in [3.63, 3.8) is 0 Å². The molecule has 0 bridgehead atoms. The molecule has 6 heteroatoms. The van der Waals surface area contributed by atoms with Crippen molar-refractivity contribution >= 4 is 38.1 Å². The summed E-state index contributed by atoms with van der Waals surface area (Å²) in [6.45, 7) is 2.08. The fourth-order valence-corrected chi connectivity index (χ4v) is 3.40. The predicted molar refractivity (Wildman–Crippen MR) is 119 cm³/mol. The van der Waals surface area contributed by atoms with Crippen LogP contribution in [0.15, 0.2) is 99.8 Å². The molecule has 0 unspecified atom stereocenters. The number of aromatic nitrogens is 1. The van der Waals surface area contributed by atoms with Crippen LogP contribution >= 0.6 is 0 Å². The van der Waals surface area contributed by atoms with E-state index in [0.29, 0.717) is 22.7 Å². The van der Waals surface area contributed by atoms with Crippen LogP contribution < -0.4 is 0 Å². The van der Waals surface area contributed by atoms with E-state index in [1.807, 2.05) is 54.6 Å². The molecule has 0 atom stereocenters. The van der Waals surface area contributed by atoms with Gasteiger partial charge in [0.15, 0.2) is 5.58 Å². The average molecular weight is 414 g/mol. The summed E-state index contributed by atoms with van der Waals surface area (Å²) in [5, 5.41) is 2.12. The van der Waals surface area contributed by atoms with Crippen LogP contribution in [0.1, 0.15) is 5.56 Å². The third-order valence-electron chi connectivity index (χ3n) is 4.50. The zero-order valence-corrected chi connectivity index (χ0v) is 17.0. The molecule has 0 radical (unpaired) electrons. The number of benzene rings is 4. The van der Waals surface area contributed by atoms with Crippen molar-refractivity contribution in [2.45, 2.75) is 6.92 Å². The van der Waals surface area contributed by atoms with Gasteiger partial charge in [-0.25, -0.2) is 4.98 Å². The molecule has 0 spiro atoms. The maximum absolute atomic E-state index is 10.9. The summed E-state index contributed by atoms with van der Waals surface area (Å²) in [6, 6.07) is 28.9. The standard InChI is InChI=1S/C17H10N2O3S.C7H8/c20-23(21)19-14-8-4-3-7-13(14)17-18-15-9-11-5-1-2-6-12(11)10-16(15)22-17;1-7-5-3-2-4-6-7/h1-10H;2-6H,1H3. The Labute approximate surface area is 175 Å². The number of hydrogen-bond donors (Lipinski definition) is 0. The largest absolute Gasteiger partial charge is 0.436 e. The first kappa shape index (κ1) is 19.5. The third kappa shape index (κ3) is 4.45. The summed E-state index contributed by atoms with van der Waals surface area (Å²) in [6.07, 6.45) is 0. The highest BCUT2D eigenvalue weighted by atomic mass is 32.2. The quantitative estimate of drug-likeness (QED) is 0.338. The Morgan fingerprint density at radius 3 is 2.10 bits per heavy atom.